The molecular weight excluding hydrogens is 188 g/mol. The SMILES string of the molecule is CC(=O)C1CC2(CCCC2)C[C@H]1C(C)=O. The molecule has 1 unspecified atom stereocenters. The van der Waals surface area contributed by atoms with E-state index in [-0.39, 0.29) is 23.4 Å². The summed E-state index contributed by atoms with van der Waals surface area (Å²) < 4.78 is 0. The van der Waals surface area contributed by atoms with Crippen LogP contribution < -0.4 is 0 Å². The van der Waals surface area contributed by atoms with E-state index in [0.717, 1.165) is 12.8 Å². The monoisotopic (exact) mass is 208 g/mol. The van der Waals surface area contributed by atoms with Crippen LogP contribution in [0.5, 0.6) is 0 Å². The molecule has 2 nitrogen and oxygen atoms in total. The number of ketones is 2. The van der Waals surface area contributed by atoms with E-state index in [1.807, 2.05) is 0 Å². The molecule has 0 amide bonds. The Balaban J connectivity index is 2.18. The lowest BCUT2D eigenvalue weighted by Gasteiger charge is -2.22. The van der Waals surface area contributed by atoms with Crippen LogP contribution in [-0.2, 0) is 9.59 Å². The first-order valence-corrected chi connectivity index (χ1v) is 6.05. The van der Waals surface area contributed by atoms with Crippen LogP contribution >= 0.6 is 0 Å². The molecule has 0 aromatic heterocycles. The molecule has 0 heterocycles. The van der Waals surface area contributed by atoms with Gasteiger partial charge in [-0.3, -0.25) is 9.59 Å². The molecule has 0 bridgehead atoms. The van der Waals surface area contributed by atoms with Crippen LogP contribution in [0.3, 0.4) is 0 Å². The van der Waals surface area contributed by atoms with Gasteiger partial charge in [-0.25, -0.2) is 0 Å². The molecule has 15 heavy (non-hydrogen) atoms. The van der Waals surface area contributed by atoms with E-state index in [0.29, 0.717) is 5.41 Å². The minimum Gasteiger partial charge on any atom is -0.300 e. The molecule has 0 N–H and O–H groups in total. The first-order valence-electron chi connectivity index (χ1n) is 6.05. The van der Waals surface area contributed by atoms with E-state index < -0.39 is 0 Å². The molecule has 2 heteroatoms. The third kappa shape index (κ3) is 1.86. The first-order chi connectivity index (χ1) is 7.04. The zero-order valence-corrected chi connectivity index (χ0v) is 9.71. The highest BCUT2D eigenvalue weighted by molar-refractivity contribution is 5.88. The standard InChI is InChI=1S/C13H20O2/c1-9(14)11-7-13(5-3-4-6-13)8-12(11)10(2)15/h11-12H,3-8H2,1-2H3/t11-,12?/m0/s1. The maximum Gasteiger partial charge on any atom is 0.133 e. The maximum atomic E-state index is 11.5. The lowest BCUT2D eigenvalue weighted by Crippen LogP contribution is -2.21. The summed E-state index contributed by atoms with van der Waals surface area (Å²) in [5.41, 5.74) is 0.354. The molecule has 2 saturated carbocycles. The van der Waals surface area contributed by atoms with Crippen LogP contribution in [0.15, 0.2) is 0 Å². The Kier molecular flexibility index (Phi) is 2.70. The minimum atomic E-state index is 0.0283. The van der Waals surface area contributed by atoms with Crippen LogP contribution in [0.2, 0.25) is 0 Å². The van der Waals surface area contributed by atoms with Gasteiger partial charge in [0, 0.05) is 11.8 Å². The molecule has 2 rings (SSSR count). The van der Waals surface area contributed by atoms with Crippen molar-refractivity contribution >= 4 is 11.6 Å². The summed E-state index contributed by atoms with van der Waals surface area (Å²) in [6, 6.07) is 0. The molecule has 0 aliphatic heterocycles. The molecular formula is C13H20O2. The van der Waals surface area contributed by atoms with E-state index in [2.05, 4.69) is 0 Å². The van der Waals surface area contributed by atoms with Crippen molar-refractivity contribution in [1.82, 2.24) is 0 Å². The van der Waals surface area contributed by atoms with E-state index in [1.54, 1.807) is 13.8 Å². The first kappa shape index (κ1) is 10.8. The Morgan fingerprint density at radius 2 is 1.33 bits per heavy atom. The van der Waals surface area contributed by atoms with E-state index in [4.69, 9.17) is 0 Å². The Hall–Kier alpha value is -0.660. The van der Waals surface area contributed by atoms with Crippen LogP contribution in [0.25, 0.3) is 0 Å². The van der Waals surface area contributed by atoms with Crippen LogP contribution in [0.1, 0.15) is 52.4 Å². The Morgan fingerprint density at radius 1 is 0.933 bits per heavy atom. The fourth-order valence-corrected chi connectivity index (χ4v) is 3.69. The molecule has 84 valence electrons. The van der Waals surface area contributed by atoms with Gasteiger partial charge in [0.15, 0.2) is 0 Å². The summed E-state index contributed by atoms with van der Waals surface area (Å²) in [6.07, 6.45) is 7.00. The second kappa shape index (κ2) is 3.73. The highest BCUT2D eigenvalue weighted by Crippen LogP contribution is 2.55. The second-order valence-electron chi connectivity index (χ2n) is 5.55. The topological polar surface area (TPSA) is 34.1 Å². The third-order valence-electron chi connectivity index (χ3n) is 4.50. The average molecular weight is 208 g/mol. The van der Waals surface area contributed by atoms with Crippen molar-refractivity contribution in [3.8, 4) is 0 Å². The van der Waals surface area contributed by atoms with Crippen LogP contribution in [0.4, 0.5) is 0 Å². The molecule has 2 aliphatic carbocycles. The van der Waals surface area contributed by atoms with Crippen molar-refractivity contribution in [2.45, 2.75) is 52.4 Å². The van der Waals surface area contributed by atoms with Gasteiger partial charge in [-0.05, 0) is 44.9 Å². The molecule has 2 aliphatic rings. The summed E-state index contributed by atoms with van der Waals surface area (Å²) >= 11 is 0. The van der Waals surface area contributed by atoms with Gasteiger partial charge < -0.3 is 0 Å². The second-order valence-corrected chi connectivity index (χ2v) is 5.55. The summed E-state index contributed by atoms with van der Waals surface area (Å²) in [6.45, 7) is 3.29. The summed E-state index contributed by atoms with van der Waals surface area (Å²) in [5.74, 6) is 0.499. The van der Waals surface area contributed by atoms with E-state index >= 15 is 0 Å². The Bertz CT molecular complexity index is 263. The highest BCUT2D eigenvalue weighted by atomic mass is 16.1. The molecule has 1 spiro atoms. The molecule has 0 saturated heterocycles. The maximum absolute atomic E-state index is 11.5. The zero-order valence-electron chi connectivity index (χ0n) is 9.71. The summed E-state index contributed by atoms with van der Waals surface area (Å²) in [7, 11) is 0. The number of carbonyl (C=O) groups excluding carboxylic acids is 2. The van der Waals surface area contributed by atoms with Gasteiger partial charge >= 0.3 is 0 Å². The molecule has 2 fully saturated rings. The van der Waals surface area contributed by atoms with Crippen LogP contribution in [-0.4, -0.2) is 11.6 Å². The van der Waals surface area contributed by atoms with Gasteiger partial charge in [0.2, 0.25) is 0 Å². The van der Waals surface area contributed by atoms with Crippen molar-refractivity contribution in [3.05, 3.63) is 0 Å². The van der Waals surface area contributed by atoms with E-state index in [9.17, 15) is 9.59 Å². The fourth-order valence-electron chi connectivity index (χ4n) is 3.69. The van der Waals surface area contributed by atoms with Crippen molar-refractivity contribution in [2.75, 3.05) is 0 Å². The van der Waals surface area contributed by atoms with Gasteiger partial charge in [0.25, 0.3) is 0 Å². The number of rotatable bonds is 2. The quantitative estimate of drug-likeness (QED) is 0.699. The number of Topliss-reactive ketones (excluding diaryl/α,β-unsaturated/α-hetero) is 2. The smallest absolute Gasteiger partial charge is 0.133 e. The van der Waals surface area contributed by atoms with Crippen molar-refractivity contribution in [2.24, 2.45) is 17.3 Å². The number of hydrogen-bond donors (Lipinski definition) is 0. The summed E-state index contributed by atoms with van der Waals surface area (Å²) in [4.78, 5) is 23.1. The predicted molar refractivity (Wildman–Crippen MR) is 58.5 cm³/mol. The Morgan fingerprint density at radius 3 is 1.67 bits per heavy atom. The van der Waals surface area contributed by atoms with Crippen molar-refractivity contribution in [1.29, 1.82) is 0 Å². The van der Waals surface area contributed by atoms with Gasteiger partial charge in [-0.15, -0.1) is 0 Å². The highest BCUT2D eigenvalue weighted by Gasteiger charge is 2.49. The largest absolute Gasteiger partial charge is 0.300 e. The fraction of sp³-hybridized carbons (Fsp3) is 0.846. The number of hydrogen-bond acceptors (Lipinski definition) is 2. The summed E-state index contributed by atoms with van der Waals surface area (Å²) in [5, 5.41) is 0. The lowest BCUT2D eigenvalue weighted by atomic mass is 9.83. The molecule has 2 atom stereocenters. The molecule has 0 radical (unpaired) electrons. The van der Waals surface area contributed by atoms with Crippen molar-refractivity contribution in [3.63, 3.8) is 0 Å². The normalized spacial score (nSPS) is 33.5. The predicted octanol–water partition coefficient (Wildman–Crippen LogP) is 2.75. The lowest BCUT2D eigenvalue weighted by molar-refractivity contribution is -0.128. The molecule has 0 aromatic rings. The van der Waals surface area contributed by atoms with Gasteiger partial charge in [-0.2, -0.15) is 0 Å². The molecule has 0 aromatic carbocycles. The van der Waals surface area contributed by atoms with Crippen molar-refractivity contribution < 1.29 is 9.59 Å². The van der Waals surface area contributed by atoms with Crippen LogP contribution in [0, 0.1) is 17.3 Å². The zero-order chi connectivity index (χ0) is 11.1. The Labute approximate surface area is 91.4 Å². The van der Waals surface area contributed by atoms with Gasteiger partial charge in [0.1, 0.15) is 11.6 Å². The minimum absolute atomic E-state index is 0.0283. The van der Waals surface area contributed by atoms with E-state index in [1.165, 1.54) is 25.7 Å². The van der Waals surface area contributed by atoms with Gasteiger partial charge in [-0.1, -0.05) is 12.8 Å². The average Bonchev–Trinajstić information content (AvgIpc) is 2.74. The third-order valence-corrected chi connectivity index (χ3v) is 4.50. The number of carbonyl (C=O) groups is 2. The van der Waals surface area contributed by atoms with Gasteiger partial charge in [0.05, 0.1) is 0 Å².